The van der Waals surface area contributed by atoms with E-state index in [4.69, 9.17) is 5.21 Å². The number of hydrazine groups is 1. The summed E-state index contributed by atoms with van der Waals surface area (Å²) >= 11 is 0. The van der Waals surface area contributed by atoms with Crippen LogP contribution in [-0.2, 0) is 0 Å². The van der Waals surface area contributed by atoms with Crippen molar-refractivity contribution >= 4 is 5.69 Å². The van der Waals surface area contributed by atoms with E-state index in [2.05, 4.69) is 0 Å². The van der Waals surface area contributed by atoms with Crippen LogP contribution in [0.5, 0.6) is 0 Å². The smallest absolute Gasteiger partial charge is 0.192 e. The van der Waals surface area contributed by atoms with E-state index in [1.807, 2.05) is 0 Å². The molecule has 0 aliphatic heterocycles. The van der Waals surface area contributed by atoms with Crippen LogP contribution in [0.4, 0.5) is 5.69 Å². The van der Waals surface area contributed by atoms with Crippen LogP contribution in [0, 0.1) is 10.1 Å². The molecule has 5 nitrogen and oxygen atoms in total. The van der Waals surface area contributed by atoms with Gasteiger partial charge in [-0.25, -0.2) is 15.3 Å². The first kappa shape index (κ1) is 7.49. The van der Waals surface area contributed by atoms with Gasteiger partial charge in [-0.2, -0.15) is 0 Å². The van der Waals surface area contributed by atoms with E-state index >= 15 is 0 Å². The second-order valence-corrected chi connectivity index (χ2v) is 1.86. The van der Waals surface area contributed by atoms with Crippen molar-refractivity contribution in [3.05, 3.63) is 40.4 Å². The zero-order chi connectivity index (χ0) is 8.27. The average molecular weight is 154 g/mol. The Kier molecular flexibility index (Phi) is 2.03. The van der Waals surface area contributed by atoms with Gasteiger partial charge in [-0.05, 0) is 12.1 Å². The topological polar surface area (TPSA) is 66.6 Å². The highest BCUT2D eigenvalue weighted by Gasteiger charge is 2.11. The van der Waals surface area contributed by atoms with E-state index in [1.54, 1.807) is 18.2 Å². The third-order valence-corrected chi connectivity index (χ3v) is 1.14. The van der Waals surface area contributed by atoms with Crippen LogP contribution in [0.25, 0.3) is 0 Å². The molecule has 1 N–H and O–H groups in total. The van der Waals surface area contributed by atoms with E-state index in [0.717, 1.165) is 0 Å². The van der Waals surface area contributed by atoms with Crippen LogP contribution >= 0.6 is 0 Å². The third-order valence-electron chi connectivity index (χ3n) is 1.14. The molecule has 0 heterocycles. The van der Waals surface area contributed by atoms with E-state index in [9.17, 15) is 10.1 Å². The number of nitro groups is 1. The molecule has 0 atom stereocenters. The maximum atomic E-state index is 9.98. The Morgan fingerprint density at radius 1 is 1.36 bits per heavy atom. The Morgan fingerprint density at radius 3 is 2.36 bits per heavy atom. The molecular formula is C6H6N2O3. The van der Waals surface area contributed by atoms with Crippen molar-refractivity contribution in [2.24, 2.45) is 0 Å². The summed E-state index contributed by atoms with van der Waals surface area (Å²) in [5, 5.41) is 17.8. The lowest BCUT2D eigenvalue weighted by atomic mass is 10.3. The molecule has 0 fully saturated rings. The number of rotatable bonds is 2. The summed E-state index contributed by atoms with van der Waals surface area (Å²) in [7, 11) is 0. The first-order valence-corrected chi connectivity index (χ1v) is 2.90. The van der Waals surface area contributed by atoms with Gasteiger partial charge < -0.3 is 0 Å². The molecule has 0 aliphatic carbocycles. The second-order valence-electron chi connectivity index (χ2n) is 1.86. The molecule has 0 saturated heterocycles. The van der Waals surface area contributed by atoms with Gasteiger partial charge in [0.25, 0.3) is 0 Å². The second kappa shape index (κ2) is 2.98. The quantitative estimate of drug-likeness (QED) is 0.511. The van der Waals surface area contributed by atoms with E-state index < -0.39 is 5.03 Å². The minimum Gasteiger partial charge on any atom is -0.232 e. The molecule has 0 amide bonds. The minimum atomic E-state index is -0.907. The van der Waals surface area contributed by atoms with Gasteiger partial charge in [-0.1, -0.05) is 18.2 Å². The molecule has 0 unspecified atom stereocenters. The molecule has 0 spiro atoms. The number of anilines is 1. The molecule has 1 rings (SSSR count). The van der Waals surface area contributed by atoms with E-state index in [1.165, 1.54) is 12.1 Å². The molecule has 0 aromatic heterocycles. The van der Waals surface area contributed by atoms with Crippen LogP contribution < -0.4 is 5.17 Å². The van der Waals surface area contributed by atoms with Gasteiger partial charge in [0.2, 0.25) is 0 Å². The highest BCUT2D eigenvalue weighted by Crippen LogP contribution is 2.09. The predicted octanol–water partition coefficient (Wildman–Crippen LogP) is 1.07. The lowest BCUT2D eigenvalue weighted by Crippen LogP contribution is -2.24. The summed E-state index contributed by atoms with van der Waals surface area (Å²) < 4.78 is 0. The van der Waals surface area contributed by atoms with Crippen molar-refractivity contribution in [3.8, 4) is 0 Å². The molecule has 0 aliphatic rings. The normalized spacial score (nSPS) is 9.18. The summed E-state index contributed by atoms with van der Waals surface area (Å²) in [4.78, 5) is 9.98. The number of benzene rings is 1. The molecule has 1 aromatic carbocycles. The van der Waals surface area contributed by atoms with Crippen molar-refractivity contribution in [2.45, 2.75) is 0 Å². The molecule has 0 radical (unpaired) electrons. The average Bonchev–Trinajstić information content (AvgIpc) is 2.05. The van der Waals surface area contributed by atoms with Gasteiger partial charge in [0, 0.05) is 5.17 Å². The van der Waals surface area contributed by atoms with Crippen molar-refractivity contribution in [2.75, 3.05) is 5.17 Å². The Labute approximate surface area is 62.6 Å². The summed E-state index contributed by atoms with van der Waals surface area (Å²) in [6.45, 7) is 0. The van der Waals surface area contributed by atoms with Gasteiger partial charge in [-0.15, -0.1) is 0 Å². The van der Waals surface area contributed by atoms with Crippen molar-refractivity contribution in [1.29, 1.82) is 0 Å². The molecule has 0 bridgehead atoms. The summed E-state index contributed by atoms with van der Waals surface area (Å²) in [5.74, 6) is 0. The first-order chi connectivity index (χ1) is 5.22. The molecule has 5 heteroatoms. The Hall–Kier alpha value is -1.62. The van der Waals surface area contributed by atoms with Crippen molar-refractivity contribution in [3.63, 3.8) is 0 Å². The summed E-state index contributed by atoms with van der Waals surface area (Å²) in [6, 6.07) is 7.77. The van der Waals surface area contributed by atoms with E-state index in [0.29, 0.717) is 0 Å². The highest BCUT2D eigenvalue weighted by atomic mass is 16.8. The maximum absolute atomic E-state index is 9.98. The summed E-state index contributed by atoms with van der Waals surface area (Å²) in [5.41, 5.74) is 0.137. The fraction of sp³-hybridized carbons (Fsp3) is 0. The van der Waals surface area contributed by atoms with Crippen LogP contribution in [0.3, 0.4) is 0 Å². The molecule has 0 saturated carbocycles. The number of hydrogen-bond acceptors (Lipinski definition) is 3. The monoisotopic (exact) mass is 154 g/mol. The third kappa shape index (κ3) is 1.65. The molecule has 11 heavy (non-hydrogen) atoms. The molecular weight excluding hydrogens is 148 g/mol. The Bertz CT molecular complexity index is 249. The van der Waals surface area contributed by atoms with Crippen LogP contribution in [-0.4, -0.2) is 10.2 Å². The van der Waals surface area contributed by atoms with Gasteiger partial charge in [0.15, 0.2) is 5.03 Å². The highest BCUT2D eigenvalue weighted by molar-refractivity contribution is 5.40. The molecule has 1 aromatic rings. The fourth-order valence-corrected chi connectivity index (χ4v) is 0.656. The van der Waals surface area contributed by atoms with Crippen molar-refractivity contribution < 1.29 is 10.2 Å². The van der Waals surface area contributed by atoms with E-state index in [-0.39, 0.29) is 10.9 Å². The summed E-state index contributed by atoms with van der Waals surface area (Å²) in [6.07, 6.45) is 0. The maximum Gasteiger partial charge on any atom is 0.192 e. The largest absolute Gasteiger partial charge is 0.232 e. The fourth-order valence-electron chi connectivity index (χ4n) is 0.656. The molecule has 58 valence electrons. The Balaban J connectivity index is 2.85. The van der Waals surface area contributed by atoms with Gasteiger partial charge in [0.05, 0.1) is 0 Å². The van der Waals surface area contributed by atoms with Crippen molar-refractivity contribution in [1.82, 2.24) is 0 Å². The number of nitrogens with zero attached hydrogens (tertiary/aromatic N) is 2. The van der Waals surface area contributed by atoms with Gasteiger partial charge in [-0.3, -0.25) is 0 Å². The van der Waals surface area contributed by atoms with Gasteiger partial charge in [0.1, 0.15) is 5.69 Å². The standard InChI is InChI=1S/C6H6N2O3/c9-7(8(10)11)6-4-2-1-3-5-6/h1-5,9H. The number of hydrogen-bond donors (Lipinski definition) is 1. The van der Waals surface area contributed by atoms with Crippen LogP contribution in [0.15, 0.2) is 30.3 Å². The Morgan fingerprint density at radius 2 is 1.91 bits per heavy atom. The zero-order valence-electron chi connectivity index (χ0n) is 5.54. The predicted molar refractivity (Wildman–Crippen MR) is 37.7 cm³/mol. The lowest BCUT2D eigenvalue weighted by molar-refractivity contribution is -0.541. The first-order valence-electron chi connectivity index (χ1n) is 2.90. The SMILES string of the molecule is O=[N+]([O-])N(O)c1ccccc1. The lowest BCUT2D eigenvalue weighted by Gasteiger charge is -2.03. The van der Waals surface area contributed by atoms with Crippen LogP contribution in [0.1, 0.15) is 0 Å². The van der Waals surface area contributed by atoms with Crippen LogP contribution in [0.2, 0.25) is 0 Å². The number of para-hydroxylation sites is 1. The van der Waals surface area contributed by atoms with Gasteiger partial charge >= 0.3 is 0 Å². The minimum absolute atomic E-state index is 0.0278. The zero-order valence-corrected chi connectivity index (χ0v) is 5.54.